The summed E-state index contributed by atoms with van der Waals surface area (Å²) in [5.74, 6) is 0.927. The number of carbonyl (C=O) groups is 1. The molecule has 1 aliphatic rings. The number of hydrogen-bond donors (Lipinski definition) is 0. The van der Waals surface area contributed by atoms with Gasteiger partial charge in [0.2, 0.25) is 0 Å². The summed E-state index contributed by atoms with van der Waals surface area (Å²) in [6.45, 7) is 7.42. The van der Waals surface area contributed by atoms with Crippen LogP contribution in [0.2, 0.25) is 0 Å². The monoisotopic (exact) mass is 496 g/mol. The molecule has 1 saturated heterocycles. The predicted octanol–water partition coefficient (Wildman–Crippen LogP) is 5.80. The number of carbonyl (C=O) groups excluding carboxylic acids is 1. The van der Waals surface area contributed by atoms with Gasteiger partial charge in [0.05, 0.1) is 23.0 Å². The largest absolute Gasteiger partial charge is 0.497 e. The molecule has 0 bridgehead atoms. The number of rotatable bonds is 4. The Kier molecular flexibility index (Phi) is 5.64. The minimum Gasteiger partial charge on any atom is -0.497 e. The SMILES string of the molecule is COc1ccc(-c2cn3c(n2)sc2cc(C(=O)N4CCN(c5cc(C)ccc5C)CC4)ccc23)cc1. The first-order valence-electron chi connectivity index (χ1n) is 12.2. The lowest BCUT2D eigenvalue weighted by Crippen LogP contribution is -2.49. The van der Waals surface area contributed by atoms with E-state index in [1.807, 2.05) is 47.4 Å². The van der Waals surface area contributed by atoms with Crippen LogP contribution in [0.5, 0.6) is 5.75 Å². The normalized spacial score (nSPS) is 14.1. The van der Waals surface area contributed by atoms with Crippen LogP contribution in [0.3, 0.4) is 0 Å². The van der Waals surface area contributed by atoms with Gasteiger partial charge in [-0.1, -0.05) is 23.5 Å². The molecule has 182 valence electrons. The van der Waals surface area contributed by atoms with Crippen LogP contribution in [0.15, 0.2) is 66.9 Å². The van der Waals surface area contributed by atoms with E-state index in [1.165, 1.54) is 16.8 Å². The first-order chi connectivity index (χ1) is 17.5. The Bertz CT molecular complexity index is 1580. The summed E-state index contributed by atoms with van der Waals surface area (Å²) in [4.78, 5) is 23.4. The summed E-state index contributed by atoms with van der Waals surface area (Å²) in [6.07, 6.45) is 2.06. The van der Waals surface area contributed by atoms with Crippen molar-refractivity contribution in [1.29, 1.82) is 0 Å². The molecule has 1 aliphatic heterocycles. The number of hydrogen-bond acceptors (Lipinski definition) is 5. The zero-order valence-corrected chi connectivity index (χ0v) is 21.5. The van der Waals surface area contributed by atoms with Gasteiger partial charge in [-0.05, 0) is 73.5 Å². The Labute approximate surface area is 214 Å². The number of fused-ring (bicyclic) bond motifs is 3. The third-order valence-corrected chi connectivity index (χ3v) is 8.02. The van der Waals surface area contributed by atoms with Crippen LogP contribution in [0, 0.1) is 13.8 Å². The van der Waals surface area contributed by atoms with Crippen molar-refractivity contribution in [2.45, 2.75) is 13.8 Å². The molecule has 0 spiro atoms. The van der Waals surface area contributed by atoms with E-state index in [-0.39, 0.29) is 5.91 Å². The number of ether oxygens (including phenoxy) is 1. The van der Waals surface area contributed by atoms with Crippen LogP contribution in [-0.2, 0) is 0 Å². The van der Waals surface area contributed by atoms with Gasteiger partial charge in [0, 0.05) is 49.2 Å². The molecule has 0 unspecified atom stereocenters. The molecule has 0 aliphatic carbocycles. The molecule has 0 atom stereocenters. The molecule has 1 fully saturated rings. The maximum atomic E-state index is 13.3. The Hall–Kier alpha value is -3.84. The van der Waals surface area contributed by atoms with Gasteiger partial charge in [0.15, 0.2) is 4.96 Å². The van der Waals surface area contributed by atoms with Crippen molar-refractivity contribution in [3.63, 3.8) is 0 Å². The summed E-state index contributed by atoms with van der Waals surface area (Å²) in [7, 11) is 1.67. The van der Waals surface area contributed by atoms with Gasteiger partial charge in [-0.3, -0.25) is 9.20 Å². The number of thiazole rings is 1. The zero-order chi connectivity index (χ0) is 24.8. The quantitative estimate of drug-likeness (QED) is 0.315. The Morgan fingerprint density at radius 2 is 1.72 bits per heavy atom. The number of piperazine rings is 1. The number of methoxy groups -OCH3 is 1. The summed E-state index contributed by atoms with van der Waals surface area (Å²) in [6, 6.07) is 20.5. The van der Waals surface area contributed by atoms with Crippen molar-refractivity contribution in [3.8, 4) is 17.0 Å². The third kappa shape index (κ3) is 3.99. The highest BCUT2D eigenvalue weighted by atomic mass is 32.1. The molecule has 7 heteroatoms. The number of benzene rings is 3. The van der Waals surface area contributed by atoms with Gasteiger partial charge in [-0.15, -0.1) is 0 Å². The second-order valence-electron chi connectivity index (χ2n) is 9.36. The van der Waals surface area contributed by atoms with Gasteiger partial charge in [-0.25, -0.2) is 4.98 Å². The number of nitrogens with zero attached hydrogens (tertiary/aromatic N) is 4. The molecule has 5 aromatic rings. The van der Waals surface area contributed by atoms with Crippen LogP contribution >= 0.6 is 11.3 Å². The van der Waals surface area contributed by atoms with Gasteiger partial charge < -0.3 is 14.5 Å². The van der Waals surface area contributed by atoms with Crippen LogP contribution in [0.1, 0.15) is 21.5 Å². The number of amides is 1. The lowest BCUT2D eigenvalue weighted by atomic mass is 10.1. The fourth-order valence-electron chi connectivity index (χ4n) is 4.93. The van der Waals surface area contributed by atoms with E-state index >= 15 is 0 Å². The Morgan fingerprint density at radius 1 is 0.944 bits per heavy atom. The molecule has 0 saturated carbocycles. The van der Waals surface area contributed by atoms with Crippen molar-refractivity contribution in [1.82, 2.24) is 14.3 Å². The van der Waals surface area contributed by atoms with Gasteiger partial charge in [0.1, 0.15) is 5.75 Å². The molecule has 3 aromatic carbocycles. The van der Waals surface area contributed by atoms with E-state index in [4.69, 9.17) is 9.72 Å². The summed E-state index contributed by atoms with van der Waals surface area (Å²) < 4.78 is 8.43. The maximum Gasteiger partial charge on any atom is 0.254 e. The smallest absolute Gasteiger partial charge is 0.254 e. The van der Waals surface area contributed by atoms with Crippen LogP contribution in [-0.4, -0.2) is 53.5 Å². The highest BCUT2D eigenvalue weighted by Crippen LogP contribution is 2.31. The highest BCUT2D eigenvalue weighted by Gasteiger charge is 2.24. The van der Waals surface area contributed by atoms with E-state index in [1.54, 1.807) is 18.4 Å². The van der Waals surface area contributed by atoms with E-state index < -0.39 is 0 Å². The average molecular weight is 497 g/mol. The van der Waals surface area contributed by atoms with Gasteiger partial charge in [-0.2, -0.15) is 0 Å². The predicted molar refractivity (Wildman–Crippen MR) is 147 cm³/mol. The Balaban J connectivity index is 1.20. The van der Waals surface area contributed by atoms with Crippen molar-refractivity contribution >= 4 is 38.1 Å². The van der Waals surface area contributed by atoms with E-state index in [2.05, 4.69) is 47.5 Å². The molecule has 3 heterocycles. The van der Waals surface area contributed by atoms with E-state index in [9.17, 15) is 4.79 Å². The molecule has 0 radical (unpaired) electrons. The summed E-state index contributed by atoms with van der Waals surface area (Å²) in [5.41, 5.74) is 7.60. The molecular weight excluding hydrogens is 468 g/mol. The average Bonchev–Trinajstić information content (AvgIpc) is 3.47. The fraction of sp³-hybridized carbons (Fsp3) is 0.241. The summed E-state index contributed by atoms with van der Waals surface area (Å²) >= 11 is 1.61. The minimum absolute atomic E-state index is 0.0995. The third-order valence-electron chi connectivity index (χ3n) is 7.00. The molecule has 0 N–H and O–H groups in total. The Morgan fingerprint density at radius 3 is 2.47 bits per heavy atom. The van der Waals surface area contributed by atoms with Crippen molar-refractivity contribution < 1.29 is 9.53 Å². The zero-order valence-electron chi connectivity index (χ0n) is 20.7. The van der Waals surface area contributed by atoms with Gasteiger partial charge in [0.25, 0.3) is 5.91 Å². The van der Waals surface area contributed by atoms with Crippen LogP contribution in [0.25, 0.3) is 26.4 Å². The second kappa shape index (κ2) is 8.99. The number of anilines is 1. The van der Waals surface area contributed by atoms with Crippen LogP contribution < -0.4 is 9.64 Å². The molecule has 2 aromatic heterocycles. The summed E-state index contributed by atoms with van der Waals surface area (Å²) in [5, 5.41) is 0. The first kappa shape index (κ1) is 22.6. The van der Waals surface area contributed by atoms with Crippen LogP contribution in [0.4, 0.5) is 5.69 Å². The van der Waals surface area contributed by atoms with E-state index in [0.717, 1.165) is 63.9 Å². The molecule has 36 heavy (non-hydrogen) atoms. The number of aromatic nitrogens is 2. The molecule has 6 rings (SSSR count). The molecule has 1 amide bonds. The maximum absolute atomic E-state index is 13.3. The number of aryl methyl sites for hydroxylation is 2. The van der Waals surface area contributed by atoms with E-state index in [0.29, 0.717) is 0 Å². The fourth-order valence-corrected chi connectivity index (χ4v) is 5.98. The standard InChI is InChI=1S/C29H28N4O2S/c1-19-4-5-20(2)26(16-19)31-12-14-32(15-13-31)28(34)22-8-11-25-27(17-22)36-29-30-24(18-33(25)29)21-6-9-23(35-3)10-7-21/h4-11,16-18H,12-15H2,1-3H3. The first-order valence-corrected chi connectivity index (χ1v) is 13.0. The van der Waals surface area contributed by atoms with Crippen molar-refractivity contribution in [2.75, 3.05) is 38.2 Å². The second-order valence-corrected chi connectivity index (χ2v) is 10.4. The molecular formula is C29H28N4O2S. The lowest BCUT2D eigenvalue weighted by molar-refractivity contribution is 0.0747. The minimum atomic E-state index is 0.0995. The van der Waals surface area contributed by atoms with Crippen molar-refractivity contribution in [3.05, 3.63) is 83.6 Å². The highest BCUT2D eigenvalue weighted by molar-refractivity contribution is 7.23. The van der Waals surface area contributed by atoms with Gasteiger partial charge >= 0.3 is 0 Å². The number of imidazole rings is 1. The topological polar surface area (TPSA) is 50.1 Å². The molecule has 6 nitrogen and oxygen atoms in total. The lowest BCUT2D eigenvalue weighted by Gasteiger charge is -2.37. The van der Waals surface area contributed by atoms with Crippen molar-refractivity contribution in [2.24, 2.45) is 0 Å².